The van der Waals surface area contributed by atoms with Crippen LogP contribution < -0.4 is 27.4 Å². The lowest BCUT2D eigenvalue weighted by Gasteiger charge is -2.26. The normalized spacial score (nSPS) is 14.6. The van der Waals surface area contributed by atoms with Gasteiger partial charge in [0.25, 0.3) is 0 Å². The molecule has 0 aliphatic carbocycles. The molecular weight excluding hydrogens is 418 g/mol. The van der Waals surface area contributed by atoms with Crippen molar-refractivity contribution in [3.8, 4) is 0 Å². The van der Waals surface area contributed by atoms with Crippen LogP contribution in [0.15, 0.2) is 0 Å². The Hall–Kier alpha value is -3.26. The highest BCUT2D eigenvalue weighted by Crippen LogP contribution is 2.06. The number of nitrogens with one attached hydrogen (secondary N) is 3. The van der Waals surface area contributed by atoms with Crippen LogP contribution in [-0.2, 0) is 28.8 Å². The minimum Gasteiger partial charge on any atom is -0.481 e. The molecular formula is C17H29N5O9. The van der Waals surface area contributed by atoms with Crippen LogP contribution in [0.5, 0.6) is 0 Å². The highest BCUT2D eigenvalue weighted by atomic mass is 16.4. The molecule has 14 heteroatoms. The van der Waals surface area contributed by atoms with E-state index >= 15 is 0 Å². The summed E-state index contributed by atoms with van der Waals surface area (Å²) in [6.07, 6.45) is -1.56. The van der Waals surface area contributed by atoms with Crippen LogP contribution in [0.3, 0.4) is 0 Å². The summed E-state index contributed by atoms with van der Waals surface area (Å²) in [5.74, 6) is -7.08. The number of carboxylic acids is 2. The summed E-state index contributed by atoms with van der Waals surface area (Å²) in [6.45, 7) is 2.50. The first-order valence-corrected chi connectivity index (χ1v) is 9.30. The molecule has 0 radical (unpaired) electrons. The van der Waals surface area contributed by atoms with Gasteiger partial charge in [-0.2, -0.15) is 0 Å². The number of aliphatic hydroxyl groups excluding tert-OH is 1. The molecule has 0 aliphatic rings. The molecule has 0 rings (SSSR count). The maximum absolute atomic E-state index is 12.7. The first-order valence-electron chi connectivity index (χ1n) is 9.30. The van der Waals surface area contributed by atoms with E-state index in [1.807, 2.05) is 5.32 Å². The van der Waals surface area contributed by atoms with Crippen LogP contribution in [-0.4, -0.2) is 81.7 Å². The van der Waals surface area contributed by atoms with Crippen molar-refractivity contribution in [2.45, 2.75) is 57.3 Å². The molecule has 0 fully saturated rings. The van der Waals surface area contributed by atoms with Gasteiger partial charge in [-0.25, -0.2) is 4.79 Å². The number of hydrogen-bond donors (Lipinski definition) is 8. The molecule has 0 aromatic rings. The van der Waals surface area contributed by atoms with Crippen LogP contribution in [0.2, 0.25) is 0 Å². The lowest BCUT2D eigenvalue weighted by molar-refractivity contribution is -0.147. The molecule has 4 amide bonds. The van der Waals surface area contributed by atoms with Crippen LogP contribution >= 0.6 is 0 Å². The predicted molar refractivity (Wildman–Crippen MR) is 104 cm³/mol. The number of amides is 4. The Morgan fingerprint density at radius 1 is 0.871 bits per heavy atom. The van der Waals surface area contributed by atoms with E-state index in [0.29, 0.717) is 0 Å². The van der Waals surface area contributed by atoms with Crippen LogP contribution in [0.1, 0.15) is 33.1 Å². The SMILES string of the molecule is CC(C)C(NC(=O)C(N)CO)C(=O)NC(CCC(N)=O)C(=O)NC(CC(=O)O)C(=O)O. The van der Waals surface area contributed by atoms with Crippen molar-refractivity contribution < 1.29 is 44.1 Å². The number of aliphatic hydroxyl groups is 1. The minimum atomic E-state index is -1.78. The molecule has 10 N–H and O–H groups in total. The third kappa shape index (κ3) is 10.4. The topological polar surface area (TPSA) is 251 Å². The molecule has 0 saturated heterocycles. The summed E-state index contributed by atoms with van der Waals surface area (Å²) in [6, 6.07) is -5.68. The van der Waals surface area contributed by atoms with Crippen molar-refractivity contribution >= 4 is 35.6 Å². The van der Waals surface area contributed by atoms with Gasteiger partial charge in [0, 0.05) is 6.42 Å². The zero-order valence-corrected chi connectivity index (χ0v) is 17.2. The quantitative estimate of drug-likeness (QED) is 0.129. The van der Waals surface area contributed by atoms with Crippen molar-refractivity contribution in [1.82, 2.24) is 16.0 Å². The number of primary amides is 1. The summed E-state index contributed by atoms with van der Waals surface area (Å²) in [7, 11) is 0. The maximum Gasteiger partial charge on any atom is 0.326 e. The third-order valence-corrected chi connectivity index (χ3v) is 4.09. The van der Waals surface area contributed by atoms with E-state index in [9.17, 15) is 28.8 Å². The second-order valence-electron chi connectivity index (χ2n) is 7.08. The molecule has 0 aliphatic heterocycles. The lowest BCUT2D eigenvalue weighted by Crippen LogP contribution is -2.58. The molecule has 0 heterocycles. The number of carbonyl (C=O) groups is 6. The zero-order chi connectivity index (χ0) is 24.3. The van der Waals surface area contributed by atoms with E-state index in [1.165, 1.54) is 0 Å². The van der Waals surface area contributed by atoms with Gasteiger partial charge in [-0.05, 0) is 12.3 Å². The van der Waals surface area contributed by atoms with E-state index in [0.717, 1.165) is 0 Å². The van der Waals surface area contributed by atoms with Gasteiger partial charge in [-0.3, -0.25) is 24.0 Å². The molecule has 4 unspecified atom stereocenters. The molecule has 31 heavy (non-hydrogen) atoms. The summed E-state index contributed by atoms with van der Waals surface area (Å²) in [4.78, 5) is 70.1. The summed E-state index contributed by atoms with van der Waals surface area (Å²) in [5, 5.41) is 33.4. The van der Waals surface area contributed by atoms with E-state index in [2.05, 4.69) is 10.6 Å². The van der Waals surface area contributed by atoms with E-state index in [4.69, 9.17) is 26.8 Å². The average molecular weight is 447 g/mol. The van der Waals surface area contributed by atoms with Gasteiger partial charge < -0.3 is 42.7 Å². The highest BCUT2D eigenvalue weighted by Gasteiger charge is 2.32. The second kappa shape index (κ2) is 13.1. The predicted octanol–water partition coefficient (Wildman–Crippen LogP) is -3.76. The Kier molecular flexibility index (Phi) is 11.7. The molecule has 0 bridgehead atoms. The Bertz CT molecular complexity index is 697. The molecule has 0 saturated carbocycles. The second-order valence-corrected chi connectivity index (χ2v) is 7.08. The van der Waals surface area contributed by atoms with Gasteiger partial charge >= 0.3 is 11.9 Å². The fourth-order valence-corrected chi connectivity index (χ4v) is 2.34. The van der Waals surface area contributed by atoms with Gasteiger partial charge in [-0.1, -0.05) is 13.8 Å². The minimum absolute atomic E-state index is 0.304. The monoisotopic (exact) mass is 447 g/mol. The lowest BCUT2D eigenvalue weighted by atomic mass is 10.0. The number of carboxylic acid groups (broad SMARTS) is 2. The van der Waals surface area contributed by atoms with Crippen molar-refractivity contribution in [2.75, 3.05) is 6.61 Å². The van der Waals surface area contributed by atoms with Crippen LogP contribution in [0, 0.1) is 5.92 Å². The highest BCUT2D eigenvalue weighted by molar-refractivity contribution is 5.95. The zero-order valence-electron chi connectivity index (χ0n) is 17.2. The van der Waals surface area contributed by atoms with Crippen molar-refractivity contribution in [3.63, 3.8) is 0 Å². The smallest absolute Gasteiger partial charge is 0.326 e. The molecule has 4 atom stereocenters. The first-order chi connectivity index (χ1) is 14.3. The first kappa shape index (κ1) is 27.7. The van der Waals surface area contributed by atoms with Crippen molar-refractivity contribution in [3.05, 3.63) is 0 Å². The Labute approximate surface area is 177 Å². The maximum atomic E-state index is 12.7. The summed E-state index contributed by atoms with van der Waals surface area (Å²) < 4.78 is 0. The van der Waals surface area contributed by atoms with Gasteiger partial charge in [0.05, 0.1) is 13.0 Å². The Morgan fingerprint density at radius 2 is 1.42 bits per heavy atom. The van der Waals surface area contributed by atoms with Crippen molar-refractivity contribution in [2.24, 2.45) is 17.4 Å². The largest absolute Gasteiger partial charge is 0.481 e. The number of carbonyl (C=O) groups excluding carboxylic acids is 4. The number of aliphatic carboxylic acids is 2. The molecule has 14 nitrogen and oxygen atoms in total. The van der Waals surface area contributed by atoms with Gasteiger partial charge in [0.1, 0.15) is 24.2 Å². The summed E-state index contributed by atoms with van der Waals surface area (Å²) >= 11 is 0. The van der Waals surface area contributed by atoms with Crippen LogP contribution in [0.25, 0.3) is 0 Å². The molecule has 0 spiro atoms. The number of nitrogens with two attached hydrogens (primary N) is 2. The Morgan fingerprint density at radius 3 is 1.84 bits per heavy atom. The average Bonchev–Trinajstić information content (AvgIpc) is 2.66. The van der Waals surface area contributed by atoms with Gasteiger partial charge in [-0.15, -0.1) is 0 Å². The molecule has 0 aromatic heterocycles. The van der Waals surface area contributed by atoms with Gasteiger partial charge in [0.15, 0.2) is 0 Å². The summed E-state index contributed by atoms with van der Waals surface area (Å²) in [5.41, 5.74) is 10.5. The standard InChI is InChI=1S/C17H29N5O9/c1-7(2)13(22-14(27)8(18)6-23)16(29)20-9(3-4-11(19)24)15(28)21-10(17(30)31)5-12(25)26/h7-10,13,23H,3-6,18H2,1-2H3,(H2,19,24)(H,20,29)(H,21,28)(H,22,27)(H,25,26)(H,30,31). The third-order valence-electron chi connectivity index (χ3n) is 4.09. The fraction of sp³-hybridized carbons (Fsp3) is 0.647. The number of rotatable bonds is 14. The molecule has 0 aromatic carbocycles. The van der Waals surface area contributed by atoms with Crippen LogP contribution in [0.4, 0.5) is 0 Å². The van der Waals surface area contributed by atoms with Gasteiger partial charge in [0.2, 0.25) is 23.6 Å². The van der Waals surface area contributed by atoms with E-state index < -0.39 is 78.7 Å². The van der Waals surface area contributed by atoms with Crippen molar-refractivity contribution in [1.29, 1.82) is 0 Å². The fourth-order valence-electron chi connectivity index (χ4n) is 2.34. The molecule has 176 valence electrons. The number of hydrogen-bond acceptors (Lipinski definition) is 8. The van der Waals surface area contributed by atoms with E-state index in [1.54, 1.807) is 13.8 Å². The Balaban J connectivity index is 5.50. The van der Waals surface area contributed by atoms with E-state index in [-0.39, 0.29) is 12.8 Å².